The third-order valence-corrected chi connectivity index (χ3v) is 11.7. The second-order valence-electron chi connectivity index (χ2n) is 14.7. The van der Waals surface area contributed by atoms with Crippen LogP contribution in [0.15, 0.2) is 71.8 Å². The molecule has 0 saturated heterocycles. The van der Waals surface area contributed by atoms with Gasteiger partial charge in [-0.2, -0.15) is 0 Å². The average molecular weight is 754 g/mol. The number of hydrogen-bond donors (Lipinski definition) is 0. The Bertz CT molecular complexity index is 1330. The topological polar surface area (TPSA) is 25.3 Å². The van der Waals surface area contributed by atoms with E-state index in [0.29, 0.717) is 0 Å². The van der Waals surface area contributed by atoms with Crippen molar-refractivity contribution in [1.82, 2.24) is 0 Å². The zero-order valence-corrected chi connectivity index (χ0v) is 35.6. The molecular weight excluding hydrogens is 675 g/mol. The molecule has 2 nitrogen and oxygen atoms in total. The standard InChI is InChI=1S/C43H64N2.2C3H7.Ni/c1-5-9-13-16-18-20-22-29-37-30-24-25-33-39(37)43-41(32-12-8-4)40(34-23-15-11-7-3)42(45(43)44)38-31-26-28-36(35-38)27-21-19-17-14-10-6-2;2*1-3-2;/h18,20,24-26,28,30-31,33,35H,5-17,19,21-23,27,29,32,34H2,1-4H3;2*1,3H2,2H3;. The van der Waals surface area contributed by atoms with E-state index in [-0.39, 0.29) is 0 Å². The Labute approximate surface area is 328 Å². The third-order valence-electron chi connectivity index (χ3n) is 9.97. The SMILES string of the molecule is CCCCCC=CCCc1ccccc1C1=C(CCCC)C(CCCCCC)=C(c2cccc(CCCCCCCC)c2)[N+]1=[N-].CC[CH2][Ni][CH2]CC. The van der Waals surface area contributed by atoms with Gasteiger partial charge in [0.05, 0.1) is 0 Å². The number of benzene rings is 2. The minimum absolute atomic E-state index is 0.994. The fourth-order valence-electron chi connectivity index (χ4n) is 7.09. The molecule has 0 aromatic heterocycles. The molecule has 0 unspecified atom stereocenters. The first-order valence-corrected chi connectivity index (χ1v) is 23.2. The van der Waals surface area contributed by atoms with E-state index < -0.39 is 0 Å². The molecule has 2 aromatic carbocycles. The van der Waals surface area contributed by atoms with Crippen LogP contribution in [0.3, 0.4) is 0 Å². The first kappa shape index (κ1) is 45.9. The van der Waals surface area contributed by atoms with Crippen molar-refractivity contribution in [2.45, 2.75) is 200 Å². The van der Waals surface area contributed by atoms with Crippen LogP contribution in [0, 0.1) is 0 Å². The summed E-state index contributed by atoms with van der Waals surface area (Å²) in [6.07, 6.45) is 32.7. The molecule has 0 aliphatic carbocycles. The Morgan fingerprint density at radius 3 is 1.81 bits per heavy atom. The van der Waals surface area contributed by atoms with Gasteiger partial charge in [0.15, 0.2) is 0 Å². The van der Waals surface area contributed by atoms with Gasteiger partial charge in [0.2, 0.25) is 11.4 Å². The van der Waals surface area contributed by atoms with E-state index in [2.05, 4.69) is 102 Å². The molecule has 0 N–H and O–H groups in total. The maximum atomic E-state index is 12.2. The molecule has 1 aliphatic heterocycles. The summed E-state index contributed by atoms with van der Waals surface area (Å²) in [5, 5.41) is 2.72. The molecule has 0 atom stereocenters. The fourth-order valence-corrected chi connectivity index (χ4v) is 8.03. The molecule has 3 rings (SSSR count). The molecule has 3 heteroatoms. The van der Waals surface area contributed by atoms with Crippen molar-refractivity contribution in [3.05, 3.63) is 99.6 Å². The molecule has 0 bridgehead atoms. The van der Waals surface area contributed by atoms with E-state index in [0.717, 1.165) is 56.3 Å². The predicted octanol–water partition coefficient (Wildman–Crippen LogP) is 16.7. The molecule has 0 amide bonds. The Morgan fingerprint density at radius 1 is 0.519 bits per heavy atom. The molecule has 52 heavy (non-hydrogen) atoms. The van der Waals surface area contributed by atoms with Gasteiger partial charge in [0.1, 0.15) is 0 Å². The van der Waals surface area contributed by atoms with Crippen LogP contribution in [0.4, 0.5) is 0 Å². The van der Waals surface area contributed by atoms with Gasteiger partial charge in [-0.25, -0.2) is 4.70 Å². The Balaban J connectivity index is 0.00000121. The van der Waals surface area contributed by atoms with E-state index in [1.54, 1.807) is 4.70 Å². The van der Waals surface area contributed by atoms with Crippen molar-refractivity contribution in [1.29, 1.82) is 0 Å². The zero-order chi connectivity index (χ0) is 37.7. The normalized spacial score (nSPS) is 13.2. The van der Waals surface area contributed by atoms with Gasteiger partial charge >= 0.3 is 51.9 Å². The summed E-state index contributed by atoms with van der Waals surface area (Å²) in [4.78, 5) is 0. The van der Waals surface area contributed by atoms with Crippen LogP contribution < -0.4 is 0 Å². The number of unbranched alkanes of at least 4 members (excludes halogenated alkanes) is 12. The van der Waals surface area contributed by atoms with Gasteiger partial charge < -0.3 is 5.53 Å². The molecule has 2 aromatic rings. The molecule has 0 saturated carbocycles. The number of hydrogen-bond acceptors (Lipinski definition) is 0. The molecular formula is C49H78N2Ni. The number of allylic oxidation sites excluding steroid dienone is 4. The monoisotopic (exact) mass is 753 g/mol. The number of aryl methyl sites for hydroxylation is 2. The Morgan fingerprint density at radius 2 is 1.10 bits per heavy atom. The molecule has 0 spiro atoms. The number of nitrogens with zero attached hydrogens (tertiary/aromatic N) is 2. The summed E-state index contributed by atoms with van der Waals surface area (Å²) in [5.41, 5.74) is 22.1. The van der Waals surface area contributed by atoms with Gasteiger partial charge in [-0.3, -0.25) is 0 Å². The van der Waals surface area contributed by atoms with Crippen LogP contribution in [0.2, 0.25) is 10.8 Å². The van der Waals surface area contributed by atoms with Gasteiger partial charge in [-0.15, -0.1) is 0 Å². The van der Waals surface area contributed by atoms with E-state index in [1.807, 2.05) is 14.4 Å². The summed E-state index contributed by atoms with van der Waals surface area (Å²) in [7, 11) is 0. The van der Waals surface area contributed by atoms with Crippen LogP contribution in [-0.2, 0) is 27.3 Å². The fraction of sp³-hybridized carbons (Fsp3) is 0.633. The van der Waals surface area contributed by atoms with Crippen molar-refractivity contribution >= 4 is 11.4 Å². The van der Waals surface area contributed by atoms with Gasteiger partial charge in [-0.05, 0) is 93.5 Å². The van der Waals surface area contributed by atoms with Crippen molar-refractivity contribution < 1.29 is 19.1 Å². The second kappa shape index (κ2) is 30.1. The van der Waals surface area contributed by atoms with Crippen LogP contribution in [-0.4, -0.2) is 4.70 Å². The zero-order valence-electron chi connectivity index (χ0n) is 34.7. The minimum atomic E-state index is 0.994. The van der Waals surface area contributed by atoms with Crippen LogP contribution >= 0.6 is 0 Å². The molecule has 1 aliphatic rings. The van der Waals surface area contributed by atoms with Crippen LogP contribution in [0.1, 0.15) is 199 Å². The number of rotatable bonds is 28. The maximum absolute atomic E-state index is 12.2. The van der Waals surface area contributed by atoms with E-state index in [1.165, 1.54) is 147 Å². The van der Waals surface area contributed by atoms with Gasteiger partial charge in [-0.1, -0.05) is 141 Å². The van der Waals surface area contributed by atoms with Crippen molar-refractivity contribution in [2.24, 2.45) is 0 Å². The van der Waals surface area contributed by atoms with E-state index in [4.69, 9.17) is 0 Å². The molecule has 0 fully saturated rings. The Kier molecular flexibility index (Phi) is 26.6. The van der Waals surface area contributed by atoms with Crippen LogP contribution in [0.5, 0.6) is 0 Å². The summed E-state index contributed by atoms with van der Waals surface area (Å²) < 4.78 is 1.60. The predicted molar refractivity (Wildman–Crippen MR) is 228 cm³/mol. The molecule has 0 radical (unpaired) electrons. The third kappa shape index (κ3) is 17.3. The van der Waals surface area contributed by atoms with E-state index >= 15 is 0 Å². The van der Waals surface area contributed by atoms with Crippen LogP contribution in [0.25, 0.3) is 16.9 Å². The summed E-state index contributed by atoms with van der Waals surface area (Å²) in [5.74, 6) is 0. The molecule has 294 valence electrons. The first-order chi connectivity index (χ1) is 25.6. The van der Waals surface area contributed by atoms with Gasteiger partial charge in [0.25, 0.3) is 0 Å². The van der Waals surface area contributed by atoms with Gasteiger partial charge in [0, 0.05) is 22.3 Å². The summed E-state index contributed by atoms with van der Waals surface area (Å²) >= 11 is 1.90. The Hall–Kier alpha value is -2.25. The first-order valence-electron chi connectivity index (χ1n) is 21.8. The van der Waals surface area contributed by atoms with Crippen molar-refractivity contribution in [2.75, 3.05) is 0 Å². The van der Waals surface area contributed by atoms with Crippen molar-refractivity contribution in [3.63, 3.8) is 0 Å². The molecule has 1 heterocycles. The average Bonchev–Trinajstić information content (AvgIpc) is 3.44. The van der Waals surface area contributed by atoms with Crippen molar-refractivity contribution in [3.8, 4) is 0 Å². The summed E-state index contributed by atoms with van der Waals surface area (Å²) in [6, 6.07) is 17.9. The summed E-state index contributed by atoms with van der Waals surface area (Å²) in [6.45, 7) is 13.6. The van der Waals surface area contributed by atoms with E-state index in [9.17, 15) is 5.53 Å². The second-order valence-corrected chi connectivity index (χ2v) is 16.2. The quantitative estimate of drug-likeness (QED) is 0.0358.